The molecular weight excluding hydrogens is 310 g/mol. The van der Waals surface area contributed by atoms with E-state index in [1.54, 1.807) is 12.4 Å². The number of aromatic nitrogens is 5. The summed E-state index contributed by atoms with van der Waals surface area (Å²) in [5, 5.41) is 16.0. The van der Waals surface area contributed by atoms with E-state index in [2.05, 4.69) is 35.3 Å². The number of pyridine rings is 1. The number of hydrogen-bond acceptors (Lipinski definition) is 9. The van der Waals surface area contributed by atoms with E-state index in [4.69, 9.17) is 9.05 Å². The lowest BCUT2D eigenvalue weighted by atomic mass is 10.3. The quantitative estimate of drug-likeness (QED) is 0.698. The van der Waals surface area contributed by atoms with Crippen LogP contribution in [0, 0.1) is 6.92 Å². The predicted octanol–water partition coefficient (Wildman–Crippen LogP) is 1.15. The van der Waals surface area contributed by atoms with Crippen LogP contribution >= 0.6 is 0 Å². The summed E-state index contributed by atoms with van der Waals surface area (Å²) in [7, 11) is 0. The van der Waals surface area contributed by atoms with Gasteiger partial charge in [-0.1, -0.05) is 5.16 Å². The van der Waals surface area contributed by atoms with Gasteiger partial charge in [-0.25, -0.2) is 4.63 Å². The number of aryl methyl sites for hydroxylation is 1. The molecule has 24 heavy (non-hydrogen) atoms. The van der Waals surface area contributed by atoms with Gasteiger partial charge in [0.1, 0.15) is 5.69 Å². The lowest BCUT2D eigenvalue weighted by Crippen LogP contribution is -2.46. The van der Waals surface area contributed by atoms with Crippen molar-refractivity contribution >= 4 is 5.82 Å². The maximum Gasteiger partial charge on any atom is 0.249 e. The number of rotatable bonds is 4. The Hall–Kier alpha value is -2.81. The highest BCUT2D eigenvalue weighted by molar-refractivity contribution is 5.49. The van der Waals surface area contributed by atoms with E-state index >= 15 is 0 Å². The lowest BCUT2D eigenvalue weighted by Gasteiger charge is -2.33. The molecule has 124 valence electrons. The Morgan fingerprint density at radius 3 is 2.71 bits per heavy atom. The average Bonchev–Trinajstić information content (AvgIpc) is 3.26. The molecule has 0 bridgehead atoms. The molecule has 0 aromatic carbocycles. The van der Waals surface area contributed by atoms with Gasteiger partial charge in [0.2, 0.25) is 11.8 Å². The first-order chi connectivity index (χ1) is 11.8. The maximum atomic E-state index is 5.74. The Morgan fingerprint density at radius 1 is 1.12 bits per heavy atom. The summed E-state index contributed by atoms with van der Waals surface area (Å²) in [6, 6.07) is 3.75. The molecule has 0 aliphatic carbocycles. The second-order valence-electron chi connectivity index (χ2n) is 5.68. The smallest absolute Gasteiger partial charge is 0.249 e. The van der Waals surface area contributed by atoms with Gasteiger partial charge in [-0.3, -0.25) is 9.88 Å². The first-order valence-corrected chi connectivity index (χ1v) is 7.79. The third-order valence-electron chi connectivity index (χ3n) is 4.03. The summed E-state index contributed by atoms with van der Waals surface area (Å²) in [5.74, 6) is 1.94. The molecule has 0 saturated carbocycles. The van der Waals surface area contributed by atoms with Gasteiger partial charge in [0.15, 0.2) is 5.82 Å². The summed E-state index contributed by atoms with van der Waals surface area (Å²) in [6.45, 7) is 6.03. The van der Waals surface area contributed by atoms with E-state index in [9.17, 15) is 0 Å². The number of piperazine rings is 1. The van der Waals surface area contributed by atoms with Crippen molar-refractivity contribution in [1.29, 1.82) is 0 Å². The van der Waals surface area contributed by atoms with E-state index in [-0.39, 0.29) is 0 Å². The topological polar surface area (TPSA) is 97.2 Å². The van der Waals surface area contributed by atoms with Crippen molar-refractivity contribution < 1.29 is 9.05 Å². The van der Waals surface area contributed by atoms with E-state index in [0.29, 0.717) is 18.3 Å². The molecular formula is C15H17N7O2. The van der Waals surface area contributed by atoms with Gasteiger partial charge in [-0.05, 0) is 24.2 Å². The van der Waals surface area contributed by atoms with Crippen LogP contribution in [0.3, 0.4) is 0 Å². The van der Waals surface area contributed by atoms with Crippen LogP contribution in [0.25, 0.3) is 11.5 Å². The van der Waals surface area contributed by atoms with E-state index in [1.165, 1.54) is 0 Å². The van der Waals surface area contributed by atoms with Gasteiger partial charge in [0.25, 0.3) is 0 Å². The molecule has 0 N–H and O–H groups in total. The minimum Gasteiger partial charge on any atom is -0.419 e. The normalized spacial score (nSPS) is 15.8. The van der Waals surface area contributed by atoms with Crippen molar-refractivity contribution in [2.75, 3.05) is 31.1 Å². The van der Waals surface area contributed by atoms with Crippen LogP contribution in [-0.2, 0) is 6.54 Å². The molecule has 9 heteroatoms. The van der Waals surface area contributed by atoms with Crippen molar-refractivity contribution in [2.24, 2.45) is 0 Å². The van der Waals surface area contributed by atoms with Crippen LogP contribution in [0.2, 0.25) is 0 Å². The van der Waals surface area contributed by atoms with Crippen molar-refractivity contribution in [3.8, 4) is 11.5 Å². The Bertz CT molecular complexity index is 793. The highest BCUT2D eigenvalue weighted by atomic mass is 16.6. The predicted molar refractivity (Wildman–Crippen MR) is 84.1 cm³/mol. The second-order valence-corrected chi connectivity index (χ2v) is 5.68. The van der Waals surface area contributed by atoms with Crippen LogP contribution in [0.5, 0.6) is 0 Å². The molecule has 1 aliphatic rings. The van der Waals surface area contributed by atoms with Crippen LogP contribution in [0.1, 0.15) is 11.6 Å². The zero-order chi connectivity index (χ0) is 16.4. The molecule has 4 rings (SSSR count). The monoisotopic (exact) mass is 327 g/mol. The minimum absolute atomic E-state index is 0.501. The van der Waals surface area contributed by atoms with Crippen LogP contribution in [0.15, 0.2) is 33.6 Å². The molecule has 3 aromatic heterocycles. The fourth-order valence-corrected chi connectivity index (χ4v) is 2.75. The molecule has 3 aromatic rings. The van der Waals surface area contributed by atoms with Gasteiger partial charge in [0, 0.05) is 38.6 Å². The van der Waals surface area contributed by atoms with E-state index in [0.717, 1.165) is 43.3 Å². The van der Waals surface area contributed by atoms with Crippen molar-refractivity contribution in [1.82, 2.24) is 30.4 Å². The van der Waals surface area contributed by atoms with E-state index in [1.807, 2.05) is 19.1 Å². The van der Waals surface area contributed by atoms with Crippen LogP contribution in [0.4, 0.5) is 5.82 Å². The molecule has 0 atom stereocenters. The van der Waals surface area contributed by atoms with Crippen molar-refractivity contribution in [3.63, 3.8) is 0 Å². The highest BCUT2D eigenvalue weighted by Gasteiger charge is 2.22. The lowest BCUT2D eigenvalue weighted by molar-refractivity contribution is 0.225. The first-order valence-electron chi connectivity index (χ1n) is 7.79. The number of nitrogens with zero attached hydrogens (tertiary/aromatic N) is 7. The summed E-state index contributed by atoms with van der Waals surface area (Å²) >= 11 is 0. The minimum atomic E-state index is 0.501. The first kappa shape index (κ1) is 14.8. The summed E-state index contributed by atoms with van der Waals surface area (Å²) < 4.78 is 10.5. The summed E-state index contributed by atoms with van der Waals surface area (Å²) in [6.07, 6.45) is 3.43. The van der Waals surface area contributed by atoms with Gasteiger partial charge >= 0.3 is 0 Å². The zero-order valence-corrected chi connectivity index (χ0v) is 13.3. The average molecular weight is 327 g/mol. The van der Waals surface area contributed by atoms with E-state index < -0.39 is 0 Å². The molecule has 1 aliphatic heterocycles. The fraction of sp³-hybridized carbons (Fsp3) is 0.400. The molecule has 0 spiro atoms. The van der Waals surface area contributed by atoms with Crippen LogP contribution in [-0.4, -0.2) is 56.6 Å². The van der Waals surface area contributed by atoms with Crippen LogP contribution < -0.4 is 4.90 Å². The Labute approximate surface area is 138 Å². The molecule has 9 nitrogen and oxygen atoms in total. The largest absolute Gasteiger partial charge is 0.419 e. The number of hydrogen-bond donors (Lipinski definition) is 0. The number of anilines is 1. The Balaban J connectivity index is 1.36. The van der Waals surface area contributed by atoms with Gasteiger partial charge < -0.3 is 9.32 Å². The molecule has 1 saturated heterocycles. The second kappa shape index (κ2) is 6.36. The highest BCUT2D eigenvalue weighted by Crippen LogP contribution is 2.19. The summed E-state index contributed by atoms with van der Waals surface area (Å²) in [4.78, 5) is 8.52. The molecule has 1 fully saturated rings. The van der Waals surface area contributed by atoms with Gasteiger partial charge in [-0.2, -0.15) is 0 Å². The molecule has 0 unspecified atom stereocenters. The van der Waals surface area contributed by atoms with Crippen molar-refractivity contribution in [3.05, 3.63) is 36.1 Å². The van der Waals surface area contributed by atoms with Gasteiger partial charge in [-0.15, -0.1) is 10.2 Å². The SMILES string of the molecule is Cc1nonc1N1CCN(Cc2nnc(-c3cccnc3)o2)CC1. The fourth-order valence-electron chi connectivity index (χ4n) is 2.75. The maximum absolute atomic E-state index is 5.74. The zero-order valence-electron chi connectivity index (χ0n) is 13.3. The third kappa shape index (κ3) is 2.98. The molecule has 0 radical (unpaired) electrons. The van der Waals surface area contributed by atoms with Crippen molar-refractivity contribution in [2.45, 2.75) is 13.5 Å². The Morgan fingerprint density at radius 2 is 2.00 bits per heavy atom. The molecule has 4 heterocycles. The standard InChI is InChI=1S/C15H17N7O2/c1-11-14(20-24-19-11)22-7-5-21(6-8-22)10-13-17-18-15(23-13)12-3-2-4-16-9-12/h2-4,9H,5-8,10H2,1H3. The van der Waals surface area contributed by atoms with Gasteiger partial charge in [0.05, 0.1) is 12.1 Å². The summed E-state index contributed by atoms with van der Waals surface area (Å²) in [5.41, 5.74) is 1.65. The molecule has 0 amide bonds. The Kier molecular flexibility index (Phi) is 3.91. The third-order valence-corrected chi connectivity index (χ3v) is 4.03.